The van der Waals surface area contributed by atoms with Crippen molar-refractivity contribution in [1.82, 2.24) is 10.2 Å². The summed E-state index contributed by atoms with van der Waals surface area (Å²) in [5.74, 6) is -1.37. The molecular formula is C25H23FN4O2. The SMILES string of the molecule is CN(C)CN(C(=O)c1cccc(CNC(=O)c2ccc(C#N)c(F)c2)c1)c1ccccc1. The van der Waals surface area contributed by atoms with Crippen LogP contribution in [0.5, 0.6) is 0 Å². The highest BCUT2D eigenvalue weighted by Gasteiger charge is 2.19. The monoisotopic (exact) mass is 430 g/mol. The summed E-state index contributed by atoms with van der Waals surface area (Å²) >= 11 is 0. The largest absolute Gasteiger partial charge is 0.348 e. The highest BCUT2D eigenvalue weighted by molar-refractivity contribution is 6.06. The Bertz CT molecular complexity index is 1160. The summed E-state index contributed by atoms with van der Waals surface area (Å²) in [6.45, 7) is 0.578. The molecule has 7 heteroatoms. The van der Waals surface area contributed by atoms with E-state index in [-0.39, 0.29) is 23.6 Å². The van der Waals surface area contributed by atoms with E-state index in [2.05, 4.69) is 5.32 Å². The van der Waals surface area contributed by atoms with Crippen LogP contribution >= 0.6 is 0 Å². The number of nitriles is 1. The summed E-state index contributed by atoms with van der Waals surface area (Å²) in [5, 5.41) is 11.5. The first-order valence-corrected chi connectivity index (χ1v) is 9.97. The number of anilines is 1. The van der Waals surface area contributed by atoms with Gasteiger partial charge in [0.2, 0.25) is 0 Å². The van der Waals surface area contributed by atoms with Crippen molar-refractivity contribution < 1.29 is 14.0 Å². The molecule has 1 N–H and O–H groups in total. The standard InChI is InChI=1S/C25H23FN4O2/c1-29(2)17-30(22-9-4-3-5-10-22)25(32)20-8-6-7-18(13-20)16-28-24(31)19-11-12-21(15-27)23(26)14-19/h3-14H,16-17H2,1-2H3,(H,28,31). The van der Waals surface area contributed by atoms with Gasteiger partial charge in [0.05, 0.1) is 12.2 Å². The van der Waals surface area contributed by atoms with E-state index in [1.54, 1.807) is 35.2 Å². The van der Waals surface area contributed by atoms with Crippen molar-refractivity contribution in [1.29, 1.82) is 5.26 Å². The fraction of sp³-hybridized carbons (Fsp3) is 0.160. The van der Waals surface area contributed by atoms with Gasteiger partial charge in [-0.05, 0) is 62.1 Å². The number of hydrogen-bond donors (Lipinski definition) is 1. The number of hydrogen-bond acceptors (Lipinski definition) is 4. The Morgan fingerprint density at radius 3 is 2.38 bits per heavy atom. The average molecular weight is 430 g/mol. The van der Waals surface area contributed by atoms with Crippen LogP contribution in [0.2, 0.25) is 0 Å². The van der Waals surface area contributed by atoms with Crippen molar-refractivity contribution in [3.05, 3.63) is 101 Å². The van der Waals surface area contributed by atoms with E-state index in [4.69, 9.17) is 5.26 Å². The minimum Gasteiger partial charge on any atom is -0.348 e. The highest BCUT2D eigenvalue weighted by Crippen LogP contribution is 2.18. The lowest BCUT2D eigenvalue weighted by Gasteiger charge is -2.26. The van der Waals surface area contributed by atoms with E-state index in [9.17, 15) is 14.0 Å². The molecule has 0 saturated heterocycles. The van der Waals surface area contributed by atoms with Crippen LogP contribution in [0.4, 0.5) is 10.1 Å². The fourth-order valence-corrected chi connectivity index (χ4v) is 3.16. The maximum atomic E-state index is 13.8. The molecule has 32 heavy (non-hydrogen) atoms. The molecule has 3 aromatic carbocycles. The number of para-hydroxylation sites is 1. The third kappa shape index (κ3) is 5.56. The van der Waals surface area contributed by atoms with Crippen molar-refractivity contribution in [2.45, 2.75) is 6.54 Å². The zero-order chi connectivity index (χ0) is 23.1. The smallest absolute Gasteiger partial charge is 0.259 e. The lowest BCUT2D eigenvalue weighted by molar-refractivity contribution is 0.0949. The molecule has 0 bridgehead atoms. The van der Waals surface area contributed by atoms with Crippen LogP contribution in [-0.4, -0.2) is 37.5 Å². The Kier molecular flexibility index (Phi) is 7.32. The second-order valence-electron chi connectivity index (χ2n) is 7.48. The second kappa shape index (κ2) is 10.3. The fourth-order valence-electron chi connectivity index (χ4n) is 3.16. The van der Waals surface area contributed by atoms with Crippen molar-refractivity contribution in [3.63, 3.8) is 0 Å². The lowest BCUT2D eigenvalue weighted by atomic mass is 10.1. The predicted molar refractivity (Wildman–Crippen MR) is 121 cm³/mol. The van der Waals surface area contributed by atoms with Gasteiger partial charge in [0, 0.05) is 23.4 Å². The lowest BCUT2D eigenvalue weighted by Crippen LogP contribution is -2.38. The van der Waals surface area contributed by atoms with Gasteiger partial charge in [-0.15, -0.1) is 0 Å². The molecule has 162 valence electrons. The zero-order valence-corrected chi connectivity index (χ0v) is 17.9. The summed E-state index contributed by atoms with van der Waals surface area (Å²) in [6, 6.07) is 21.9. The van der Waals surface area contributed by atoms with Crippen molar-refractivity contribution in [3.8, 4) is 6.07 Å². The molecule has 0 aliphatic rings. The van der Waals surface area contributed by atoms with Crippen molar-refractivity contribution in [2.24, 2.45) is 0 Å². The quantitative estimate of drug-likeness (QED) is 0.579. The number of carbonyl (C=O) groups excluding carboxylic acids is 2. The van der Waals surface area contributed by atoms with E-state index < -0.39 is 11.7 Å². The van der Waals surface area contributed by atoms with Crippen LogP contribution < -0.4 is 10.2 Å². The minimum absolute atomic E-state index is 0.117. The van der Waals surface area contributed by atoms with Gasteiger partial charge in [0.1, 0.15) is 11.9 Å². The summed E-state index contributed by atoms with van der Waals surface area (Å²) < 4.78 is 13.8. The Morgan fingerprint density at radius 2 is 1.72 bits per heavy atom. The van der Waals surface area contributed by atoms with Crippen LogP contribution in [0.15, 0.2) is 72.8 Å². The first kappa shape index (κ1) is 22.7. The second-order valence-corrected chi connectivity index (χ2v) is 7.48. The molecular weight excluding hydrogens is 407 g/mol. The number of rotatable bonds is 7. The third-order valence-electron chi connectivity index (χ3n) is 4.72. The average Bonchev–Trinajstić information content (AvgIpc) is 2.81. The first-order chi connectivity index (χ1) is 15.4. The van der Waals surface area contributed by atoms with Crippen LogP contribution in [0.3, 0.4) is 0 Å². The summed E-state index contributed by atoms with van der Waals surface area (Å²) in [7, 11) is 3.78. The van der Waals surface area contributed by atoms with Crippen LogP contribution in [-0.2, 0) is 6.54 Å². The van der Waals surface area contributed by atoms with Gasteiger partial charge in [-0.3, -0.25) is 19.4 Å². The normalized spacial score (nSPS) is 10.5. The Hall–Kier alpha value is -4.02. The molecule has 0 saturated carbocycles. The van der Waals surface area contributed by atoms with E-state index in [1.807, 2.05) is 49.3 Å². The van der Waals surface area contributed by atoms with E-state index in [1.165, 1.54) is 12.1 Å². The highest BCUT2D eigenvalue weighted by atomic mass is 19.1. The molecule has 0 radical (unpaired) electrons. The third-order valence-corrected chi connectivity index (χ3v) is 4.72. The van der Waals surface area contributed by atoms with Gasteiger partial charge in [-0.25, -0.2) is 4.39 Å². The molecule has 0 unspecified atom stereocenters. The van der Waals surface area contributed by atoms with Crippen LogP contribution in [0.1, 0.15) is 31.8 Å². The molecule has 2 amide bonds. The van der Waals surface area contributed by atoms with Gasteiger partial charge >= 0.3 is 0 Å². The topological polar surface area (TPSA) is 76.4 Å². The number of halogens is 1. The first-order valence-electron chi connectivity index (χ1n) is 9.97. The number of carbonyl (C=O) groups is 2. The summed E-state index contributed by atoms with van der Waals surface area (Å²) in [6.07, 6.45) is 0. The predicted octanol–water partition coefficient (Wildman–Crippen LogP) is 3.79. The van der Waals surface area contributed by atoms with Gasteiger partial charge in [0.15, 0.2) is 0 Å². The van der Waals surface area contributed by atoms with E-state index in [0.29, 0.717) is 12.2 Å². The minimum atomic E-state index is -0.741. The molecule has 3 aromatic rings. The molecule has 3 rings (SSSR count). The summed E-state index contributed by atoms with van der Waals surface area (Å²) in [5.41, 5.74) is 2.01. The molecule has 0 aromatic heterocycles. The molecule has 0 aliphatic carbocycles. The van der Waals surface area contributed by atoms with E-state index in [0.717, 1.165) is 17.3 Å². The number of benzene rings is 3. The van der Waals surface area contributed by atoms with Crippen LogP contribution in [0, 0.1) is 17.1 Å². The van der Waals surface area contributed by atoms with E-state index >= 15 is 0 Å². The maximum absolute atomic E-state index is 13.8. The number of nitrogens with zero attached hydrogens (tertiary/aromatic N) is 3. The Labute approximate surface area is 186 Å². The summed E-state index contributed by atoms with van der Waals surface area (Å²) in [4.78, 5) is 29.2. The van der Waals surface area contributed by atoms with Gasteiger partial charge in [-0.2, -0.15) is 5.26 Å². The molecule has 0 atom stereocenters. The Balaban J connectivity index is 1.74. The van der Waals surface area contributed by atoms with Gasteiger partial charge < -0.3 is 5.32 Å². The van der Waals surface area contributed by atoms with Gasteiger partial charge in [-0.1, -0.05) is 30.3 Å². The molecule has 6 nitrogen and oxygen atoms in total. The maximum Gasteiger partial charge on any atom is 0.259 e. The molecule has 0 spiro atoms. The zero-order valence-electron chi connectivity index (χ0n) is 17.9. The van der Waals surface area contributed by atoms with Crippen molar-refractivity contribution in [2.75, 3.05) is 25.7 Å². The van der Waals surface area contributed by atoms with Crippen molar-refractivity contribution >= 4 is 17.5 Å². The number of amides is 2. The number of nitrogens with one attached hydrogen (secondary N) is 1. The molecule has 0 aliphatic heterocycles. The molecule has 0 heterocycles. The molecule has 0 fully saturated rings. The van der Waals surface area contributed by atoms with Crippen LogP contribution in [0.25, 0.3) is 0 Å². The van der Waals surface area contributed by atoms with Gasteiger partial charge in [0.25, 0.3) is 11.8 Å². The Morgan fingerprint density at radius 1 is 0.969 bits per heavy atom.